The number of piperidine rings is 1. The molecule has 1 aromatic rings. The van der Waals surface area contributed by atoms with E-state index in [0.29, 0.717) is 5.56 Å². The van der Waals surface area contributed by atoms with Crippen LogP contribution in [0.5, 0.6) is 0 Å². The molecule has 0 aromatic heterocycles. The lowest BCUT2D eigenvalue weighted by molar-refractivity contribution is -0.130. The predicted octanol–water partition coefficient (Wildman–Crippen LogP) is 1.03. The van der Waals surface area contributed by atoms with Gasteiger partial charge in [-0.2, -0.15) is 0 Å². The van der Waals surface area contributed by atoms with E-state index in [0.717, 1.165) is 39.0 Å². The van der Waals surface area contributed by atoms with Crippen molar-refractivity contribution in [2.24, 2.45) is 0 Å². The summed E-state index contributed by atoms with van der Waals surface area (Å²) in [5.41, 5.74) is 3.05. The minimum Gasteiger partial charge on any atom is -0.343 e. The summed E-state index contributed by atoms with van der Waals surface area (Å²) in [5, 5.41) is 5.99. The molecule has 0 radical (unpaired) electrons. The fourth-order valence-electron chi connectivity index (χ4n) is 2.95. The van der Waals surface area contributed by atoms with Crippen LogP contribution in [0, 0.1) is 0 Å². The zero-order valence-electron chi connectivity index (χ0n) is 12.2. The van der Waals surface area contributed by atoms with Gasteiger partial charge in [0.1, 0.15) is 0 Å². The highest BCUT2D eigenvalue weighted by molar-refractivity contribution is 5.96. The van der Waals surface area contributed by atoms with E-state index in [2.05, 4.69) is 10.6 Å². The van der Waals surface area contributed by atoms with E-state index in [1.807, 2.05) is 23.1 Å². The quantitative estimate of drug-likeness (QED) is 0.873. The Labute approximate surface area is 124 Å². The molecule has 2 aliphatic heterocycles. The second kappa shape index (κ2) is 6.26. The molecule has 2 heterocycles. The Kier molecular flexibility index (Phi) is 4.20. The predicted molar refractivity (Wildman–Crippen MR) is 79.7 cm³/mol. The standard InChI is InChI=1S/C16H21N3O2/c20-15(19-6-2-1-3-7-19)11-18-16(21)12-4-5-13-9-17-10-14(13)8-12/h4-5,8,17H,1-3,6-7,9-11H2,(H,18,21). The molecule has 21 heavy (non-hydrogen) atoms. The number of fused-ring (bicyclic) bond motifs is 1. The summed E-state index contributed by atoms with van der Waals surface area (Å²) in [6.45, 7) is 3.40. The van der Waals surface area contributed by atoms with Crippen molar-refractivity contribution in [1.29, 1.82) is 0 Å². The van der Waals surface area contributed by atoms with E-state index >= 15 is 0 Å². The number of benzene rings is 1. The van der Waals surface area contributed by atoms with Gasteiger partial charge in [-0.3, -0.25) is 9.59 Å². The van der Waals surface area contributed by atoms with Crippen LogP contribution in [0.25, 0.3) is 0 Å². The van der Waals surface area contributed by atoms with Crippen molar-refractivity contribution in [1.82, 2.24) is 15.5 Å². The van der Waals surface area contributed by atoms with Crippen LogP contribution in [-0.2, 0) is 17.9 Å². The Morgan fingerprint density at radius 1 is 1.10 bits per heavy atom. The molecule has 1 saturated heterocycles. The van der Waals surface area contributed by atoms with Gasteiger partial charge in [-0.15, -0.1) is 0 Å². The van der Waals surface area contributed by atoms with Crippen LogP contribution in [0.1, 0.15) is 40.7 Å². The second-order valence-corrected chi connectivity index (χ2v) is 5.71. The van der Waals surface area contributed by atoms with Gasteiger partial charge in [-0.05, 0) is 42.5 Å². The Morgan fingerprint density at radius 2 is 1.86 bits per heavy atom. The minimum atomic E-state index is -0.171. The zero-order valence-corrected chi connectivity index (χ0v) is 12.2. The molecule has 3 rings (SSSR count). The molecule has 1 aromatic carbocycles. The molecule has 0 spiro atoms. The van der Waals surface area contributed by atoms with E-state index in [9.17, 15) is 9.59 Å². The smallest absolute Gasteiger partial charge is 0.251 e. The number of rotatable bonds is 3. The topological polar surface area (TPSA) is 61.4 Å². The summed E-state index contributed by atoms with van der Waals surface area (Å²) in [5.74, 6) is -0.152. The van der Waals surface area contributed by atoms with Crippen LogP contribution < -0.4 is 10.6 Å². The molecule has 0 saturated carbocycles. The zero-order chi connectivity index (χ0) is 14.7. The number of amides is 2. The van der Waals surface area contributed by atoms with Crippen LogP contribution in [0.3, 0.4) is 0 Å². The van der Waals surface area contributed by atoms with Crippen molar-refractivity contribution < 1.29 is 9.59 Å². The van der Waals surface area contributed by atoms with Gasteiger partial charge in [-0.1, -0.05) is 6.07 Å². The van der Waals surface area contributed by atoms with Gasteiger partial charge in [0.2, 0.25) is 5.91 Å². The van der Waals surface area contributed by atoms with E-state index < -0.39 is 0 Å². The molecule has 2 N–H and O–H groups in total. The van der Waals surface area contributed by atoms with Gasteiger partial charge in [0.25, 0.3) is 5.91 Å². The summed E-state index contributed by atoms with van der Waals surface area (Å²) in [6.07, 6.45) is 3.33. The molecular formula is C16H21N3O2. The monoisotopic (exact) mass is 287 g/mol. The Hall–Kier alpha value is -1.88. The van der Waals surface area contributed by atoms with Crippen molar-refractivity contribution in [3.63, 3.8) is 0 Å². The number of hydrogen-bond acceptors (Lipinski definition) is 3. The van der Waals surface area contributed by atoms with Crippen LogP contribution in [-0.4, -0.2) is 36.3 Å². The summed E-state index contributed by atoms with van der Waals surface area (Å²) < 4.78 is 0. The third-order valence-electron chi connectivity index (χ3n) is 4.21. The molecule has 112 valence electrons. The first-order chi connectivity index (χ1) is 10.2. The van der Waals surface area contributed by atoms with Gasteiger partial charge in [0.05, 0.1) is 6.54 Å². The van der Waals surface area contributed by atoms with Gasteiger partial charge in [-0.25, -0.2) is 0 Å². The molecule has 5 nitrogen and oxygen atoms in total. The largest absolute Gasteiger partial charge is 0.343 e. The average molecular weight is 287 g/mol. The van der Waals surface area contributed by atoms with Crippen LogP contribution in [0.4, 0.5) is 0 Å². The normalized spacial score (nSPS) is 17.4. The highest BCUT2D eigenvalue weighted by Gasteiger charge is 2.18. The lowest BCUT2D eigenvalue weighted by Crippen LogP contribution is -2.42. The third kappa shape index (κ3) is 3.24. The summed E-state index contributed by atoms with van der Waals surface area (Å²) in [6, 6.07) is 5.72. The highest BCUT2D eigenvalue weighted by Crippen LogP contribution is 2.17. The third-order valence-corrected chi connectivity index (χ3v) is 4.21. The first-order valence-electron chi connectivity index (χ1n) is 7.62. The Balaban J connectivity index is 1.55. The lowest BCUT2D eigenvalue weighted by atomic mass is 10.1. The number of carbonyl (C=O) groups is 2. The van der Waals surface area contributed by atoms with E-state index in [4.69, 9.17) is 0 Å². The molecule has 5 heteroatoms. The van der Waals surface area contributed by atoms with Gasteiger partial charge >= 0.3 is 0 Å². The first-order valence-corrected chi connectivity index (χ1v) is 7.62. The van der Waals surface area contributed by atoms with Crippen LogP contribution in [0.15, 0.2) is 18.2 Å². The summed E-state index contributed by atoms with van der Waals surface area (Å²) >= 11 is 0. The number of nitrogens with one attached hydrogen (secondary N) is 2. The maximum Gasteiger partial charge on any atom is 0.251 e. The van der Waals surface area contributed by atoms with E-state index in [1.54, 1.807) is 0 Å². The number of carbonyl (C=O) groups excluding carboxylic acids is 2. The molecule has 0 atom stereocenters. The van der Waals surface area contributed by atoms with Crippen molar-refractivity contribution >= 4 is 11.8 Å². The number of likely N-dealkylation sites (tertiary alicyclic amines) is 1. The SMILES string of the molecule is O=C(NCC(=O)N1CCCCC1)c1ccc2c(c1)CNC2. The Morgan fingerprint density at radius 3 is 2.67 bits per heavy atom. The molecular weight excluding hydrogens is 266 g/mol. The van der Waals surface area contributed by atoms with Crippen LogP contribution >= 0.6 is 0 Å². The maximum absolute atomic E-state index is 12.1. The maximum atomic E-state index is 12.1. The van der Waals surface area contributed by atoms with Crippen molar-refractivity contribution in [2.45, 2.75) is 32.4 Å². The molecule has 0 bridgehead atoms. The second-order valence-electron chi connectivity index (χ2n) is 5.71. The fraction of sp³-hybridized carbons (Fsp3) is 0.500. The first kappa shape index (κ1) is 14.1. The highest BCUT2D eigenvalue weighted by atomic mass is 16.2. The lowest BCUT2D eigenvalue weighted by Gasteiger charge is -2.26. The fourth-order valence-corrected chi connectivity index (χ4v) is 2.95. The van der Waals surface area contributed by atoms with E-state index in [-0.39, 0.29) is 18.4 Å². The molecule has 2 aliphatic rings. The molecule has 2 amide bonds. The van der Waals surface area contributed by atoms with Crippen molar-refractivity contribution in [3.8, 4) is 0 Å². The van der Waals surface area contributed by atoms with Crippen molar-refractivity contribution in [3.05, 3.63) is 34.9 Å². The Bertz CT molecular complexity index is 550. The van der Waals surface area contributed by atoms with E-state index in [1.165, 1.54) is 17.5 Å². The molecule has 0 aliphatic carbocycles. The summed E-state index contributed by atoms with van der Waals surface area (Å²) in [4.78, 5) is 26.0. The van der Waals surface area contributed by atoms with Gasteiger partial charge < -0.3 is 15.5 Å². The average Bonchev–Trinajstić information content (AvgIpc) is 3.00. The van der Waals surface area contributed by atoms with Crippen LogP contribution in [0.2, 0.25) is 0 Å². The number of hydrogen-bond donors (Lipinski definition) is 2. The minimum absolute atomic E-state index is 0.0193. The number of nitrogens with zero attached hydrogens (tertiary/aromatic N) is 1. The molecule has 0 unspecified atom stereocenters. The van der Waals surface area contributed by atoms with Gasteiger partial charge in [0.15, 0.2) is 0 Å². The summed E-state index contributed by atoms with van der Waals surface area (Å²) in [7, 11) is 0. The van der Waals surface area contributed by atoms with Gasteiger partial charge in [0, 0.05) is 31.7 Å². The van der Waals surface area contributed by atoms with Crippen molar-refractivity contribution in [2.75, 3.05) is 19.6 Å². The molecule has 1 fully saturated rings.